The first-order valence-corrected chi connectivity index (χ1v) is 6.67. The van der Waals surface area contributed by atoms with E-state index in [1.54, 1.807) is 12.1 Å². The quantitative estimate of drug-likeness (QED) is 0.571. The van der Waals surface area contributed by atoms with Crippen LogP contribution in [0.4, 0.5) is 4.39 Å². The van der Waals surface area contributed by atoms with E-state index >= 15 is 0 Å². The van der Waals surface area contributed by atoms with E-state index in [0.717, 1.165) is 22.7 Å². The Labute approximate surface area is 122 Å². The molecule has 2 nitrogen and oxygen atoms in total. The molecule has 1 aromatic carbocycles. The average Bonchev–Trinajstić information content (AvgIpc) is 2.82. The van der Waals surface area contributed by atoms with Crippen LogP contribution in [0, 0.1) is 0 Å². The van der Waals surface area contributed by atoms with Crippen LogP contribution in [0.5, 0.6) is 0 Å². The number of H-pyrrole nitrogens is 1. The van der Waals surface area contributed by atoms with Crippen LogP contribution >= 0.6 is 11.6 Å². The summed E-state index contributed by atoms with van der Waals surface area (Å²) in [4.78, 5) is 7.03. The van der Waals surface area contributed by atoms with Crippen molar-refractivity contribution < 1.29 is 4.39 Å². The molecule has 0 amide bonds. The highest BCUT2D eigenvalue weighted by molar-refractivity contribution is 6.33. The summed E-state index contributed by atoms with van der Waals surface area (Å²) < 4.78 is 13.8. The smallest absolute Gasteiger partial charge is 0.148 e. The van der Waals surface area contributed by atoms with Gasteiger partial charge in [-0.1, -0.05) is 32.0 Å². The maximum Gasteiger partial charge on any atom is 0.148 e. The van der Waals surface area contributed by atoms with Gasteiger partial charge in [0.1, 0.15) is 11.5 Å². The fraction of sp³-hybridized carbons (Fsp3) is 0.188. The van der Waals surface area contributed by atoms with Crippen LogP contribution < -0.4 is 0 Å². The topological polar surface area (TPSA) is 28.1 Å². The number of aromatic nitrogens is 1. The van der Waals surface area contributed by atoms with Crippen LogP contribution in [-0.2, 0) is 0 Å². The molecule has 0 spiro atoms. The van der Waals surface area contributed by atoms with Gasteiger partial charge in [0.2, 0.25) is 0 Å². The van der Waals surface area contributed by atoms with E-state index in [-0.39, 0.29) is 5.70 Å². The molecule has 0 unspecified atom stereocenters. The third kappa shape index (κ3) is 2.54. The predicted molar refractivity (Wildman–Crippen MR) is 85.2 cm³/mol. The summed E-state index contributed by atoms with van der Waals surface area (Å²) in [6, 6.07) is 5.64. The van der Waals surface area contributed by atoms with E-state index in [1.165, 1.54) is 0 Å². The number of hydrogen-bond acceptors (Lipinski definition) is 1. The molecular weight excluding hydrogens is 275 g/mol. The fourth-order valence-electron chi connectivity index (χ4n) is 2.05. The maximum atomic E-state index is 13.8. The molecule has 1 aromatic heterocycles. The Morgan fingerprint density at radius 1 is 1.40 bits per heavy atom. The summed E-state index contributed by atoms with van der Waals surface area (Å²) in [6.07, 6.45) is 1.10. The highest BCUT2D eigenvalue weighted by Gasteiger charge is 2.13. The van der Waals surface area contributed by atoms with E-state index in [0.29, 0.717) is 16.5 Å². The number of aromatic amines is 1. The molecule has 20 heavy (non-hydrogen) atoms. The molecule has 104 valence electrons. The van der Waals surface area contributed by atoms with Crippen molar-refractivity contribution in [3.63, 3.8) is 0 Å². The van der Waals surface area contributed by atoms with E-state index in [2.05, 4.69) is 37.1 Å². The molecular formula is C16H16ClFN2. The summed E-state index contributed by atoms with van der Waals surface area (Å²) in [5, 5.41) is 1.43. The van der Waals surface area contributed by atoms with Gasteiger partial charge >= 0.3 is 0 Å². The van der Waals surface area contributed by atoms with Crippen LogP contribution in [0.2, 0.25) is 5.02 Å². The van der Waals surface area contributed by atoms with Crippen LogP contribution in [0.25, 0.3) is 16.6 Å². The Balaban J connectivity index is 2.69. The number of nitrogens with one attached hydrogen (secondary N) is 1. The normalized spacial score (nSPS) is 12.7. The predicted octanol–water partition coefficient (Wildman–Crippen LogP) is 5.47. The second-order valence-corrected chi connectivity index (χ2v) is 5.26. The summed E-state index contributed by atoms with van der Waals surface area (Å²) in [5.74, 6) is -0.168. The van der Waals surface area contributed by atoms with Crippen molar-refractivity contribution in [3.8, 4) is 0 Å². The Morgan fingerprint density at radius 2 is 2.10 bits per heavy atom. The number of hydrogen-bond donors (Lipinski definition) is 1. The molecule has 0 aliphatic rings. The van der Waals surface area contributed by atoms with Gasteiger partial charge in [-0.2, -0.15) is 0 Å². The molecule has 2 aromatic rings. The number of halogens is 2. The van der Waals surface area contributed by atoms with Gasteiger partial charge < -0.3 is 4.98 Å². The van der Waals surface area contributed by atoms with Crippen molar-refractivity contribution in [1.29, 1.82) is 0 Å². The van der Waals surface area contributed by atoms with E-state index in [1.807, 2.05) is 6.07 Å². The Bertz CT molecular complexity index is 711. The summed E-state index contributed by atoms with van der Waals surface area (Å²) in [6.45, 7) is 11.0. The first-order chi connectivity index (χ1) is 9.47. The van der Waals surface area contributed by atoms with Crippen LogP contribution in [0.1, 0.15) is 31.0 Å². The molecule has 0 radical (unpaired) electrons. The Morgan fingerprint density at radius 3 is 2.65 bits per heavy atom. The lowest BCUT2D eigenvalue weighted by Crippen LogP contribution is -1.87. The van der Waals surface area contributed by atoms with Crippen molar-refractivity contribution in [1.82, 2.24) is 4.98 Å². The molecule has 0 atom stereocenters. The zero-order valence-corrected chi connectivity index (χ0v) is 12.3. The standard InChI is InChI=1S/C16H16ClFN2/c1-5-13(18)16(19-4)11-8-15-10(6-12(11)17)7-14(20-15)9(2)3/h5-9,20H,1,4H2,2-3H3/b16-13+. The van der Waals surface area contributed by atoms with Gasteiger partial charge in [-0.05, 0) is 36.9 Å². The first kappa shape index (κ1) is 14.5. The van der Waals surface area contributed by atoms with E-state index in [4.69, 9.17) is 11.6 Å². The van der Waals surface area contributed by atoms with Gasteiger partial charge in [-0.3, -0.25) is 4.99 Å². The van der Waals surface area contributed by atoms with Crippen LogP contribution in [0.3, 0.4) is 0 Å². The zero-order chi connectivity index (χ0) is 14.9. The van der Waals surface area contributed by atoms with Crippen molar-refractivity contribution >= 4 is 34.9 Å². The molecule has 2 rings (SSSR count). The molecule has 0 saturated carbocycles. The lowest BCUT2D eigenvalue weighted by molar-refractivity contribution is 0.669. The largest absolute Gasteiger partial charge is 0.358 e. The van der Waals surface area contributed by atoms with Gasteiger partial charge in [0.05, 0.1) is 5.02 Å². The summed E-state index contributed by atoms with van der Waals surface area (Å²) in [7, 11) is 0. The zero-order valence-electron chi connectivity index (χ0n) is 11.5. The number of rotatable bonds is 4. The molecule has 0 aliphatic carbocycles. The molecule has 0 aliphatic heterocycles. The molecule has 1 heterocycles. The third-order valence-electron chi connectivity index (χ3n) is 3.17. The Kier molecular flexibility index (Phi) is 4.09. The average molecular weight is 291 g/mol. The van der Waals surface area contributed by atoms with Gasteiger partial charge in [-0.15, -0.1) is 0 Å². The number of fused-ring (bicyclic) bond motifs is 1. The van der Waals surface area contributed by atoms with Crippen LogP contribution in [-0.4, -0.2) is 11.7 Å². The van der Waals surface area contributed by atoms with Gasteiger partial charge in [-0.25, -0.2) is 4.39 Å². The monoisotopic (exact) mass is 290 g/mol. The third-order valence-corrected chi connectivity index (χ3v) is 3.48. The summed E-state index contributed by atoms with van der Waals surface area (Å²) >= 11 is 6.23. The van der Waals surface area contributed by atoms with Gasteiger partial charge in [0, 0.05) is 22.2 Å². The number of benzene rings is 1. The summed E-state index contributed by atoms with van der Waals surface area (Å²) in [5.41, 5.74) is 2.61. The van der Waals surface area contributed by atoms with Crippen molar-refractivity contribution in [2.24, 2.45) is 4.99 Å². The van der Waals surface area contributed by atoms with Crippen molar-refractivity contribution in [2.45, 2.75) is 19.8 Å². The highest BCUT2D eigenvalue weighted by Crippen LogP contribution is 2.33. The Hall–Kier alpha value is -1.87. The molecule has 1 N–H and O–H groups in total. The molecule has 0 saturated heterocycles. The van der Waals surface area contributed by atoms with Crippen molar-refractivity contribution in [3.05, 3.63) is 53.0 Å². The van der Waals surface area contributed by atoms with Gasteiger partial charge in [0.15, 0.2) is 0 Å². The van der Waals surface area contributed by atoms with Crippen molar-refractivity contribution in [2.75, 3.05) is 0 Å². The maximum absolute atomic E-state index is 13.8. The minimum atomic E-state index is -0.545. The number of aliphatic imine (C=N–C) groups is 1. The second kappa shape index (κ2) is 5.63. The lowest BCUT2D eigenvalue weighted by Gasteiger charge is -2.05. The van der Waals surface area contributed by atoms with E-state index < -0.39 is 5.83 Å². The fourth-order valence-corrected chi connectivity index (χ4v) is 2.32. The van der Waals surface area contributed by atoms with E-state index in [9.17, 15) is 4.39 Å². The minimum absolute atomic E-state index is 0.104. The molecule has 0 bridgehead atoms. The number of nitrogens with zero attached hydrogens (tertiary/aromatic N) is 1. The highest BCUT2D eigenvalue weighted by atomic mass is 35.5. The van der Waals surface area contributed by atoms with Crippen LogP contribution in [0.15, 0.2) is 41.7 Å². The van der Waals surface area contributed by atoms with Gasteiger partial charge in [0.25, 0.3) is 0 Å². The minimum Gasteiger partial charge on any atom is -0.358 e. The number of allylic oxidation sites excluding steroid dienone is 2. The second-order valence-electron chi connectivity index (χ2n) is 4.86. The first-order valence-electron chi connectivity index (χ1n) is 6.29. The molecule has 0 fully saturated rings. The SMILES string of the molecule is C=C/C(F)=C(\N=C)c1cc2[nH]c(C(C)C)cc2cc1Cl. The molecule has 4 heteroatoms. The lowest BCUT2D eigenvalue weighted by atomic mass is 10.1.